The maximum Gasteiger partial charge on any atom is 0.188 e. The first-order valence-corrected chi connectivity index (χ1v) is 12.2. The topological polar surface area (TPSA) is 100 Å². The highest BCUT2D eigenvalue weighted by molar-refractivity contribution is 5.95. The number of amidine groups is 1. The fraction of sp³-hybridized carbons (Fsp3) is 0.241. The molecule has 0 radical (unpaired) electrons. The number of ether oxygens (including phenoxy) is 2. The molecule has 3 aromatic carbocycles. The molecule has 0 aliphatic rings. The summed E-state index contributed by atoms with van der Waals surface area (Å²) < 4.78 is 27.4. The van der Waals surface area contributed by atoms with E-state index in [0.29, 0.717) is 29.4 Å². The van der Waals surface area contributed by atoms with Gasteiger partial charge >= 0.3 is 0 Å². The number of hydrogen-bond acceptors (Lipinski definition) is 5. The van der Waals surface area contributed by atoms with E-state index in [1.165, 1.54) is 0 Å². The molecule has 0 unspecified atom stereocenters. The molecular formula is C29H32FN5O2. The molecule has 0 fully saturated rings. The van der Waals surface area contributed by atoms with Crippen LogP contribution in [0.25, 0.3) is 11.3 Å². The van der Waals surface area contributed by atoms with Crippen LogP contribution in [-0.4, -0.2) is 28.5 Å². The zero-order chi connectivity index (χ0) is 26.5. The first-order valence-electron chi connectivity index (χ1n) is 12.2. The lowest BCUT2D eigenvalue weighted by atomic mass is 10.1. The summed E-state index contributed by atoms with van der Waals surface area (Å²) in [7, 11) is 0. The molecule has 1 aromatic heterocycles. The molecule has 7 nitrogen and oxygen atoms in total. The van der Waals surface area contributed by atoms with Crippen molar-refractivity contribution in [2.45, 2.75) is 40.3 Å². The number of halogens is 1. The third-order valence-electron chi connectivity index (χ3n) is 5.82. The number of imidazole rings is 1. The molecule has 0 bridgehead atoms. The molecule has 4 rings (SSSR count). The molecule has 4 aromatic rings. The van der Waals surface area contributed by atoms with E-state index in [2.05, 4.69) is 9.97 Å². The second-order valence-corrected chi connectivity index (χ2v) is 8.96. The quantitative estimate of drug-likeness (QED) is 0.174. The predicted molar refractivity (Wildman–Crippen MR) is 145 cm³/mol. The van der Waals surface area contributed by atoms with Crippen molar-refractivity contribution in [3.63, 3.8) is 0 Å². The maximum atomic E-state index is 15.9. The zero-order valence-corrected chi connectivity index (χ0v) is 21.5. The minimum absolute atomic E-state index is 0.0378. The summed E-state index contributed by atoms with van der Waals surface area (Å²) in [4.78, 5) is 9.78. The van der Waals surface area contributed by atoms with Crippen LogP contribution in [-0.2, 0) is 6.54 Å². The Morgan fingerprint density at radius 2 is 1.86 bits per heavy atom. The van der Waals surface area contributed by atoms with E-state index in [1.54, 1.807) is 47.5 Å². The van der Waals surface area contributed by atoms with E-state index < -0.39 is 5.82 Å². The van der Waals surface area contributed by atoms with Crippen molar-refractivity contribution in [3.05, 3.63) is 89.6 Å². The van der Waals surface area contributed by atoms with Crippen LogP contribution in [0.2, 0.25) is 0 Å². The number of nitrogens with one attached hydrogen (secondary N) is 2. The van der Waals surface area contributed by atoms with Crippen molar-refractivity contribution in [3.8, 4) is 22.8 Å². The average Bonchev–Trinajstić information content (AvgIpc) is 3.33. The fourth-order valence-corrected chi connectivity index (χ4v) is 4.09. The molecule has 0 spiro atoms. The average molecular weight is 502 g/mol. The molecule has 0 aliphatic carbocycles. The lowest BCUT2D eigenvalue weighted by molar-refractivity contribution is 0.229. The van der Waals surface area contributed by atoms with Gasteiger partial charge in [0, 0.05) is 28.9 Å². The van der Waals surface area contributed by atoms with E-state index in [-0.39, 0.29) is 29.9 Å². The number of aryl methyl sites for hydroxylation is 1. The lowest BCUT2D eigenvalue weighted by Crippen LogP contribution is -2.20. The summed E-state index contributed by atoms with van der Waals surface area (Å²) in [6.45, 7) is 8.29. The normalized spacial score (nSPS) is 11.0. The van der Waals surface area contributed by atoms with Gasteiger partial charge in [-0.25, -0.2) is 9.37 Å². The number of hydrogen-bond donors (Lipinski definition) is 3. The van der Waals surface area contributed by atoms with Crippen LogP contribution < -0.4 is 20.1 Å². The first kappa shape index (κ1) is 25.8. The van der Waals surface area contributed by atoms with Crippen molar-refractivity contribution in [1.29, 1.82) is 5.41 Å². The van der Waals surface area contributed by atoms with Crippen LogP contribution in [0.5, 0.6) is 11.5 Å². The predicted octanol–water partition coefficient (Wildman–Crippen LogP) is 6.33. The van der Waals surface area contributed by atoms with E-state index >= 15 is 4.39 Å². The Hall–Kier alpha value is -4.33. The summed E-state index contributed by atoms with van der Waals surface area (Å²) in [5.74, 6) is 0.727. The minimum Gasteiger partial charge on any atom is -0.494 e. The van der Waals surface area contributed by atoms with Crippen LogP contribution >= 0.6 is 0 Å². The highest BCUT2D eigenvalue weighted by Crippen LogP contribution is 2.38. The SMILES string of the molecule is CCOc1cc(OC(C)C)c(F)c(N(Cc2ncc(-c3ccccc3C)[nH]2)c2ccc(C(=N)N)cc2)c1. The van der Waals surface area contributed by atoms with Crippen molar-refractivity contribution >= 4 is 17.2 Å². The summed E-state index contributed by atoms with van der Waals surface area (Å²) in [5.41, 5.74) is 10.3. The van der Waals surface area contributed by atoms with Crippen molar-refractivity contribution in [1.82, 2.24) is 9.97 Å². The monoisotopic (exact) mass is 501 g/mol. The number of anilines is 2. The molecule has 0 atom stereocenters. The Labute approximate surface area is 216 Å². The van der Waals surface area contributed by atoms with Crippen LogP contribution in [0.3, 0.4) is 0 Å². The number of benzene rings is 3. The Kier molecular flexibility index (Phi) is 7.77. The molecule has 192 valence electrons. The molecule has 8 heteroatoms. The summed E-state index contributed by atoms with van der Waals surface area (Å²) >= 11 is 0. The zero-order valence-electron chi connectivity index (χ0n) is 21.5. The van der Waals surface area contributed by atoms with Gasteiger partial charge in [0.15, 0.2) is 11.6 Å². The number of nitrogen functional groups attached to an aromatic ring is 1. The standard InChI is InChI=1S/C29H32FN5O2/c1-5-36-22-14-25(28(30)26(15-22)37-18(2)3)35(21-12-10-20(11-13-21)29(31)32)17-27-33-16-24(34-27)23-9-7-6-8-19(23)4/h6-16,18H,5,17H2,1-4H3,(H3,31,32)(H,33,34). The van der Waals surface area contributed by atoms with Crippen molar-refractivity contribution in [2.24, 2.45) is 5.73 Å². The summed E-state index contributed by atoms with van der Waals surface area (Å²) in [6, 6.07) is 18.4. The molecule has 4 N–H and O–H groups in total. The van der Waals surface area contributed by atoms with Crippen LogP contribution in [0.15, 0.2) is 66.9 Å². The molecule has 0 saturated heterocycles. The molecule has 0 aliphatic heterocycles. The second kappa shape index (κ2) is 11.2. The summed E-state index contributed by atoms with van der Waals surface area (Å²) in [6.07, 6.45) is 1.57. The van der Waals surface area contributed by atoms with Gasteiger partial charge in [0.25, 0.3) is 0 Å². The van der Waals surface area contributed by atoms with Gasteiger partial charge in [-0.15, -0.1) is 0 Å². The third-order valence-corrected chi connectivity index (χ3v) is 5.82. The maximum absolute atomic E-state index is 15.9. The molecule has 37 heavy (non-hydrogen) atoms. The van der Waals surface area contributed by atoms with Gasteiger partial charge in [-0.1, -0.05) is 24.3 Å². The number of aromatic amines is 1. The van der Waals surface area contributed by atoms with Gasteiger partial charge in [-0.2, -0.15) is 0 Å². The van der Waals surface area contributed by atoms with Gasteiger partial charge < -0.3 is 25.1 Å². The molecule has 0 amide bonds. The fourth-order valence-electron chi connectivity index (χ4n) is 4.09. The number of H-pyrrole nitrogens is 1. The number of nitrogens with two attached hydrogens (primary N) is 1. The van der Waals surface area contributed by atoms with Gasteiger partial charge in [-0.3, -0.25) is 5.41 Å². The van der Waals surface area contributed by atoms with Crippen LogP contribution in [0.1, 0.15) is 37.7 Å². The highest BCUT2D eigenvalue weighted by Gasteiger charge is 2.22. The lowest BCUT2D eigenvalue weighted by Gasteiger charge is -2.26. The van der Waals surface area contributed by atoms with E-state index in [4.69, 9.17) is 20.6 Å². The highest BCUT2D eigenvalue weighted by atomic mass is 19.1. The number of aromatic nitrogens is 2. The second-order valence-electron chi connectivity index (χ2n) is 8.96. The van der Waals surface area contributed by atoms with E-state index in [9.17, 15) is 0 Å². The Morgan fingerprint density at radius 3 is 2.51 bits per heavy atom. The molecular weight excluding hydrogens is 469 g/mol. The Bertz CT molecular complexity index is 1380. The smallest absolute Gasteiger partial charge is 0.188 e. The number of rotatable bonds is 10. The van der Waals surface area contributed by atoms with Crippen LogP contribution in [0.4, 0.5) is 15.8 Å². The van der Waals surface area contributed by atoms with Gasteiger partial charge in [-0.05, 0) is 57.5 Å². The van der Waals surface area contributed by atoms with E-state index in [1.807, 2.05) is 52.0 Å². The Morgan fingerprint density at radius 1 is 1.14 bits per heavy atom. The summed E-state index contributed by atoms with van der Waals surface area (Å²) in [5, 5.41) is 7.72. The minimum atomic E-state index is -0.501. The van der Waals surface area contributed by atoms with Gasteiger partial charge in [0.05, 0.1) is 36.8 Å². The van der Waals surface area contributed by atoms with Crippen molar-refractivity contribution < 1.29 is 13.9 Å². The van der Waals surface area contributed by atoms with Gasteiger partial charge in [0.1, 0.15) is 17.4 Å². The first-order chi connectivity index (χ1) is 17.8. The third kappa shape index (κ3) is 5.91. The largest absolute Gasteiger partial charge is 0.494 e. The van der Waals surface area contributed by atoms with Crippen molar-refractivity contribution in [2.75, 3.05) is 11.5 Å². The molecule has 1 heterocycles. The Balaban J connectivity index is 1.80. The van der Waals surface area contributed by atoms with E-state index in [0.717, 1.165) is 16.8 Å². The molecule has 0 saturated carbocycles. The van der Waals surface area contributed by atoms with Crippen LogP contribution in [0, 0.1) is 18.2 Å². The van der Waals surface area contributed by atoms with Gasteiger partial charge in [0.2, 0.25) is 0 Å². The number of nitrogens with zero attached hydrogens (tertiary/aromatic N) is 2.